The van der Waals surface area contributed by atoms with Crippen LogP contribution in [0, 0.1) is 10.8 Å². The van der Waals surface area contributed by atoms with Crippen molar-refractivity contribution >= 4 is 5.96 Å². The molecule has 0 aliphatic heterocycles. The maximum Gasteiger partial charge on any atom is 0.191 e. The molecule has 1 unspecified atom stereocenters. The fraction of sp³-hybridized carbons (Fsp3) is 0.938. The molecule has 0 saturated carbocycles. The lowest BCUT2D eigenvalue weighted by Gasteiger charge is -2.31. The summed E-state index contributed by atoms with van der Waals surface area (Å²) in [5, 5.41) is 6.76. The summed E-state index contributed by atoms with van der Waals surface area (Å²) in [5.41, 5.74) is 0.288. The van der Waals surface area contributed by atoms with Gasteiger partial charge in [0.05, 0.1) is 6.10 Å². The van der Waals surface area contributed by atoms with Crippen LogP contribution in [0.3, 0.4) is 0 Å². The summed E-state index contributed by atoms with van der Waals surface area (Å²) < 4.78 is 5.56. The largest absolute Gasteiger partial charge is 0.379 e. The number of methoxy groups -OCH3 is 1. The van der Waals surface area contributed by atoms with Crippen molar-refractivity contribution in [2.75, 3.05) is 47.9 Å². The van der Waals surface area contributed by atoms with E-state index in [2.05, 4.69) is 69.2 Å². The van der Waals surface area contributed by atoms with E-state index < -0.39 is 0 Å². The van der Waals surface area contributed by atoms with Crippen molar-refractivity contribution in [2.45, 2.75) is 40.7 Å². The third-order valence-corrected chi connectivity index (χ3v) is 3.41. The van der Waals surface area contributed by atoms with Crippen LogP contribution in [0.15, 0.2) is 4.99 Å². The van der Waals surface area contributed by atoms with Crippen LogP contribution in [0.4, 0.5) is 0 Å². The van der Waals surface area contributed by atoms with E-state index in [1.165, 1.54) is 0 Å². The summed E-state index contributed by atoms with van der Waals surface area (Å²) in [7, 11) is 7.75. The first kappa shape index (κ1) is 20.2. The molecule has 2 N–H and O–H groups in total. The number of hydrogen-bond acceptors (Lipinski definition) is 3. The highest BCUT2D eigenvalue weighted by atomic mass is 16.5. The number of ether oxygens (including phenoxy) is 1. The average molecular weight is 300 g/mol. The molecule has 0 aromatic rings. The Balaban J connectivity index is 4.37. The fourth-order valence-corrected chi connectivity index (χ4v) is 2.39. The van der Waals surface area contributed by atoms with Crippen LogP contribution in [0.25, 0.3) is 0 Å². The second kappa shape index (κ2) is 8.59. The van der Waals surface area contributed by atoms with Crippen molar-refractivity contribution in [3.05, 3.63) is 0 Å². The van der Waals surface area contributed by atoms with Crippen molar-refractivity contribution in [1.82, 2.24) is 15.5 Å². The van der Waals surface area contributed by atoms with Gasteiger partial charge in [-0.1, -0.05) is 34.6 Å². The van der Waals surface area contributed by atoms with Crippen LogP contribution >= 0.6 is 0 Å². The Hall–Kier alpha value is -0.810. The fourth-order valence-electron chi connectivity index (χ4n) is 2.39. The van der Waals surface area contributed by atoms with E-state index in [1.54, 1.807) is 14.2 Å². The zero-order valence-electron chi connectivity index (χ0n) is 15.5. The number of guanidine groups is 1. The Labute approximate surface area is 131 Å². The molecule has 0 saturated heterocycles. The van der Waals surface area contributed by atoms with Crippen molar-refractivity contribution in [1.29, 1.82) is 0 Å². The molecular formula is C16H36N4O. The van der Waals surface area contributed by atoms with E-state index in [0.29, 0.717) is 0 Å². The monoisotopic (exact) mass is 300 g/mol. The van der Waals surface area contributed by atoms with Gasteiger partial charge in [-0.3, -0.25) is 4.99 Å². The maximum atomic E-state index is 5.56. The van der Waals surface area contributed by atoms with Crippen LogP contribution in [0.2, 0.25) is 0 Å². The maximum absolute atomic E-state index is 5.56. The minimum Gasteiger partial charge on any atom is -0.379 e. The highest BCUT2D eigenvalue weighted by Crippen LogP contribution is 2.21. The highest BCUT2D eigenvalue weighted by Gasteiger charge is 2.25. The normalized spacial score (nSPS) is 15.2. The predicted molar refractivity (Wildman–Crippen MR) is 92.0 cm³/mol. The average Bonchev–Trinajstić information content (AvgIpc) is 2.30. The lowest BCUT2D eigenvalue weighted by atomic mass is 9.89. The van der Waals surface area contributed by atoms with E-state index in [9.17, 15) is 0 Å². The lowest BCUT2D eigenvalue weighted by Crippen LogP contribution is -2.48. The summed E-state index contributed by atoms with van der Waals surface area (Å²) in [4.78, 5) is 6.49. The summed E-state index contributed by atoms with van der Waals surface area (Å²) in [6.07, 6.45) is 0.144. The molecule has 0 radical (unpaired) electrons. The smallest absolute Gasteiger partial charge is 0.191 e. The summed E-state index contributed by atoms with van der Waals surface area (Å²) >= 11 is 0. The number of nitrogens with zero attached hydrogens (tertiary/aromatic N) is 2. The van der Waals surface area contributed by atoms with Gasteiger partial charge in [0.25, 0.3) is 0 Å². The van der Waals surface area contributed by atoms with Gasteiger partial charge in [-0.15, -0.1) is 0 Å². The molecule has 0 bridgehead atoms. The molecule has 0 aliphatic rings. The SMILES string of the molecule is CN=C(NCC(OC)C(C)(C)C)NCC(C)(C)CN(C)C. The van der Waals surface area contributed by atoms with Gasteiger partial charge >= 0.3 is 0 Å². The number of hydrogen-bond donors (Lipinski definition) is 2. The number of nitrogens with one attached hydrogen (secondary N) is 2. The van der Waals surface area contributed by atoms with Crippen molar-refractivity contribution < 1.29 is 4.74 Å². The van der Waals surface area contributed by atoms with Gasteiger partial charge in [0, 0.05) is 33.8 Å². The van der Waals surface area contributed by atoms with Gasteiger partial charge in [-0.25, -0.2) is 0 Å². The molecule has 0 amide bonds. The summed E-state index contributed by atoms with van der Waals surface area (Å²) in [6.45, 7) is 13.7. The number of aliphatic imine (C=N–C) groups is 1. The van der Waals surface area contributed by atoms with Crippen molar-refractivity contribution in [3.8, 4) is 0 Å². The van der Waals surface area contributed by atoms with E-state index in [-0.39, 0.29) is 16.9 Å². The molecule has 5 heteroatoms. The van der Waals surface area contributed by atoms with E-state index in [4.69, 9.17) is 4.74 Å². The lowest BCUT2D eigenvalue weighted by molar-refractivity contribution is 0.0205. The molecule has 126 valence electrons. The Morgan fingerprint density at radius 3 is 2.10 bits per heavy atom. The van der Waals surface area contributed by atoms with E-state index in [0.717, 1.165) is 25.6 Å². The molecule has 0 heterocycles. The molecule has 0 aromatic carbocycles. The van der Waals surface area contributed by atoms with Crippen LogP contribution in [-0.4, -0.2) is 64.9 Å². The van der Waals surface area contributed by atoms with Gasteiger partial charge in [-0.2, -0.15) is 0 Å². The van der Waals surface area contributed by atoms with Gasteiger partial charge in [0.2, 0.25) is 0 Å². The first-order valence-electron chi connectivity index (χ1n) is 7.64. The molecule has 0 aromatic heterocycles. The minimum absolute atomic E-state index is 0.102. The second-order valence-corrected chi connectivity index (χ2v) is 7.80. The Morgan fingerprint density at radius 2 is 1.71 bits per heavy atom. The quantitative estimate of drug-likeness (QED) is 0.556. The third-order valence-electron chi connectivity index (χ3n) is 3.41. The predicted octanol–water partition coefficient (Wildman–Crippen LogP) is 1.80. The van der Waals surface area contributed by atoms with Gasteiger partial charge in [0.1, 0.15) is 0 Å². The molecule has 5 nitrogen and oxygen atoms in total. The molecule has 0 aliphatic carbocycles. The summed E-state index contributed by atoms with van der Waals surface area (Å²) in [5.74, 6) is 0.827. The van der Waals surface area contributed by atoms with Gasteiger partial charge < -0.3 is 20.3 Å². The minimum atomic E-state index is 0.102. The molecule has 0 fully saturated rings. The highest BCUT2D eigenvalue weighted by molar-refractivity contribution is 5.79. The third kappa shape index (κ3) is 8.94. The van der Waals surface area contributed by atoms with Crippen molar-refractivity contribution in [3.63, 3.8) is 0 Å². The van der Waals surface area contributed by atoms with Gasteiger partial charge in [0.15, 0.2) is 5.96 Å². The van der Waals surface area contributed by atoms with Crippen LogP contribution in [-0.2, 0) is 4.74 Å². The van der Waals surface area contributed by atoms with E-state index >= 15 is 0 Å². The molecular weight excluding hydrogens is 264 g/mol. The van der Waals surface area contributed by atoms with Gasteiger partial charge in [-0.05, 0) is 24.9 Å². The Morgan fingerprint density at radius 1 is 1.14 bits per heavy atom. The zero-order valence-corrected chi connectivity index (χ0v) is 15.5. The first-order chi connectivity index (χ1) is 9.51. The van der Waals surface area contributed by atoms with Crippen LogP contribution in [0.5, 0.6) is 0 Å². The summed E-state index contributed by atoms with van der Waals surface area (Å²) in [6, 6.07) is 0. The van der Waals surface area contributed by atoms with Crippen LogP contribution in [0.1, 0.15) is 34.6 Å². The molecule has 0 rings (SSSR count). The Kier molecular flexibility index (Phi) is 8.26. The molecule has 21 heavy (non-hydrogen) atoms. The first-order valence-corrected chi connectivity index (χ1v) is 7.64. The Bertz CT molecular complexity index is 319. The van der Waals surface area contributed by atoms with E-state index in [1.807, 2.05) is 0 Å². The van der Waals surface area contributed by atoms with Crippen molar-refractivity contribution in [2.24, 2.45) is 15.8 Å². The number of rotatable bonds is 7. The second-order valence-electron chi connectivity index (χ2n) is 7.80. The molecule has 1 atom stereocenters. The van der Waals surface area contributed by atoms with Crippen LogP contribution < -0.4 is 10.6 Å². The zero-order chi connectivity index (χ0) is 16.7. The standard InChI is InChI=1S/C16H36N4O/c1-15(2,3)13(21-9)10-18-14(17-6)19-11-16(4,5)12-20(7)8/h13H,10-12H2,1-9H3,(H2,17,18,19). The molecule has 0 spiro atoms. The topological polar surface area (TPSA) is 48.9 Å².